The summed E-state index contributed by atoms with van der Waals surface area (Å²) in [5, 5.41) is 5.94. The molecule has 0 unspecified atom stereocenters. The zero-order chi connectivity index (χ0) is 17.5. The molecule has 0 spiro atoms. The molecule has 1 heterocycles. The van der Waals surface area contributed by atoms with Crippen LogP contribution in [0.3, 0.4) is 0 Å². The topological polar surface area (TPSA) is 98.5 Å². The molecular formula is C16H20N2O5S. The van der Waals surface area contributed by atoms with Crippen molar-refractivity contribution in [2.75, 3.05) is 26.0 Å². The number of ketones is 2. The molecule has 1 aromatic heterocycles. The Labute approximate surface area is 144 Å². The largest absolute Gasteiger partial charge is 0.382 e. The minimum absolute atomic E-state index is 0.0410. The second kappa shape index (κ2) is 8.79. The highest BCUT2D eigenvalue weighted by Crippen LogP contribution is 2.31. The highest BCUT2D eigenvalue weighted by Gasteiger charge is 2.35. The number of carbonyl (C=O) groups excluding carboxylic acids is 3. The summed E-state index contributed by atoms with van der Waals surface area (Å²) in [6.45, 7) is 3.41. The summed E-state index contributed by atoms with van der Waals surface area (Å²) in [6, 6.07) is 0. The zero-order valence-corrected chi connectivity index (χ0v) is 14.5. The summed E-state index contributed by atoms with van der Waals surface area (Å²) in [6.07, 6.45) is 4.13. The molecule has 0 bridgehead atoms. The van der Waals surface area contributed by atoms with Gasteiger partial charge in [0.05, 0.1) is 4.91 Å². The number of allylic oxidation sites excluding steroid dienone is 2. The van der Waals surface area contributed by atoms with E-state index in [0.29, 0.717) is 17.3 Å². The number of hydrogen-bond acceptors (Lipinski definition) is 7. The Hall–Kier alpha value is -1.93. The zero-order valence-electron chi connectivity index (χ0n) is 13.7. The molecule has 1 N–H and O–H groups in total. The van der Waals surface area contributed by atoms with Crippen LogP contribution in [0.15, 0.2) is 15.5 Å². The van der Waals surface area contributed by atoms with E-state index < -0.39 is 11.7 Å². The molecule has 0 atom stereocenters. The van der Waals surface area contributed by atoms with Crippen LogP contribution in [0.5, 0.6) is 0 Å². The maximum Gasteiger partial charge on any atom is 0.274 e. The van der Waals surface area contributed by atoms with Gasteiger partial charge in [-0.1, -0.05) is 11.6 Å². The van der Waals surface area contributed by atoms with Gasteiger partial charge in [-0.25, -0.2) is 0 Å². The Balaban J connectivity index is 1.96. The molecule has 1 amide bonds. The summed E-state index contributed by atoms with van der Waals surface area (Å²) in [5.74, 6) is -0.828. The van der Waals surface area contributed by atoms with E-state index in [1.165, 1.54) is 24.9 Å². The Bertz CT molecular complexity index is 665. The van der Waals surface area contributed by atoms with Crippen LogP contribution < -0.4 is 5.32 Å². The fourth-order valence-corrected chi connectivity index (χ4v) is 3.22. The lowest BCUT2D eigenvalue weighted by atomic mass is 10.00. The van der Waals surface area contributed by atoms with Crippen molar-refractivity contribution in [3.05, 3.63) is 28.0 Å². The fourth-order valence-electron chi connectivity index (χ4n) is 2.23. The quantitative estimate of drug-likeness (QED) is 0.680. The smallest absolute Gasteiger partial charge is 0.274 e. The maximum absolute atomic E-state index is 12.5. The predicted octanol–water partition coefficient (Wildman–Crippen LogP) is 2.24. The van der Waals surface area contributed by atoms with Crippen LogP contribution in [0.25, 0.3) is 0 Å². The molecule has 0 fully saturated rings. The van der Waals surface area contributed by atoms with E-state index >= 15 is 0 Å². The summed E-state index contributed by atoms with van der Waals surface area (Å²) >= 11 is 1.32. The molecular weight excluding hydrogens is 332 g/mol. The van der Waals surface area contributed by atoms with E-state index in [-0.39, 0.29) is 22.8 Å². The molecule has 8 heteroatoms. The Morgan fingerprint density at radius 1 is 1.33 bits per heavy atom. The molecule has 7 nitrogen and oxygen atoms in total. The average Bonchev–Trinajstić information content (AvgIpc) is 3.03. The van der Waals surface area contributed by atoms with Crippen molar-refractivity contribution >= 4 is 29.2 Å². The second-order valence-corrected chi connectivity index (χ2v) is 6.26. The minimum Gasteiger partial charge on any atom is -0.382 e. The van der Waals surface area contributed by atoms with E-state index in [2.05, 4.69) is 10.5 Å². The van der Waals surface area contributed by atoms with Crippen LogP contribution in [-0.4, -0.2) is 48.6 Å². The Morgan fingerprint density at radius 2 is 2.12 bits per heavy atom. The van der Waals surface area contributed by atoms with Crippen LogP contribution >= 0.6 is 11.8 Å². The van der Waals surface area contributed by atoms with E-state index in [1.54, 1.807) is 0 Å². The molecule has 1 aliphatic rings. The molecule has 2 rings (SSSR count). The van der Waals surface area contributed by atoms with Crippen molar-refractivity contribution in [2.24, 2.45) is 0 Å². The van der Waals surface area contributed by atoms with E-state index in [1.807, 2.05) is 6.92 Å². The standard InChI is InChI=1S/C16H20N2O5S/c1-3-22-7-5-4-6-8-24-11-9-10(19)15-12(14(11)20)13(18-23-15)16(21)17-2/h9H,3-8H2,1-2H3,(H,17,21). The van der Waals surface area contributed by atoms with Crippen LogP contribution in [0.1, 0.15) is 57.6 Å². The highest BCUT2D eigenvalue weighted by molar-refractivity contribution is 8.04. The van der Waals surface area contributed by atoms with Crippen molar-refractivity contribution in [1.82, 2.24) is 10.5 Å². The molecule has 0 saturated heterocycles. The molecule has 0 aliphatic heterocycles. The fraction of sp³-hybridized carbons (Fsp3) is 0.500. The number of ether oxygens (including phenoxy) is 1. The van der Waals surface area contributed by atoms with Gasteiger partial charge < -0.3 is 14.6 Å². The SMILES string of the molecule is CCOCCCCCSC1=CC(=O)c2onc(C(=O)NC)c2C1=O. The second-order valence-electron chi connectivity index (χ2n) is 5.12. The first-order valence-electron chi connectivity index (χ1n) is 7.83. The number of thioether (sulfide) groups is 1. The average molecular weight is 352 g/mol. The number of aromatic nitrogens is 1. The molecule has 1 aromatic rings. The number of nitrogens with zero attached hydrogens (tertiary/aromatic N) is 1. The maximum atomic E-state index is 12.5. The van der Waals surface area contributed by atoms with Gasteiger partial charge in [-0.15, -0.1) is 11.8 Å². The predicted molar refractivity (Wildman–Crippen MR) is 89.4 cm³/mol. The van der Waals surface area contributed by atoms with Crippen LogP contribution in [0, 0.1) is 0 Å². The third kappa shape index (κ3) is 4.12. The minimum atomic E-state index is -0.552. The lowest BCUT2D eigenvalue weighted by molar-refractivity contribution is 0.0944. The van der Waals surface area contributed by atoms with Crippen molar-refractivity contribution in [2.45, 2.75) is 26.2 Å². The van der Waals surface area contributed by atoms with Crippen LogP contribution in [0.4, 0.5) is 0 Å². The molecule has 130 valence electrons. The number of fused-ring (bicyclic) bond motifs is 1. The van der Waals surface area contributed by atoms with Gasteiger partial charge in [0.2, 0.25) is 17.3 Å². The highest BCUT2D eigenvalue weighted by atomic mass is 32.2. The van der Waals surface area contributed by atoms with Gasteiger partial charge in [-0.3, -0.25) is 14.4 Å². The van der Waals surface area contributed by atoms with Gasteiger partial charge in [0.25, 0.3) is 5.91 Å². The number of carbonyl (C=O) groups is 3. The van der Waals surface area contributed by atoms with E-state index in [0.717, 1.165) is 25.9 Å². The van der Waals surface area contributed by atoms with Crippen LogP contribution in [-0.2, 0) is 4.74 Å². The Kier molecular flexibility index (Phi) is 6.74. The normalized spacial score (nSPS) is 13.7. The summed E-state index contributed by atoms with van der Waals surface area (Å²) in [5.41, 5.74) is -0.186. The molecule has 0 radical (unpaired) electrons. The van der Waals surface area contributed by atoms with Gasteiger partial charge in [0.15, 0.2) is 5.69 Å². The number of unbranched alkanes of at least 4 members (excludes halogenated alkanes) is 2. The molecule has 0 saturated carbocycles. The van der Waals surface area contributed by atoms with Gasteiger partial charge in [-0.2, -0.15) is 0 Å². The van der Waals surface area contributed by atoms with Crippen molar-refractivity contribution < 1.29 is 23.6 Å². The number of rotatable bonds is 9. The number of nitrogens with one attached hydrogen (secondary N) is 1. The summed E-state index contributed by atoms with van der Waals surface area (Å²) < 4.78 is 10.1. The summed E-state index contributed by atoms with van der Waals surface area (Å²) in [4.78, 5) is 36.7. The number of hydrogen-bond donors (Lipinski definition) is 1. The van der Waals surface area contributed by atoms with Gasteiger partial charge >= 0.3 is 0 Å². The first-order valence-corrected chi connectivity index (χ1v) is 8.81. The number of Topliss-reactive ketones (excluding diaryl/α,β-unsaturated/α-hetero) is 1. The van der Waals surface area contributed by atoms with Crippen LogP contribution in [0.2, 0.25) is 0 Å². The lowest BCUT2D eigenvalue weighted by Gasteiger charge is -2.10. The van der Waals surface area contributed by atoms with Gasteiger partial charge in [0, 0.05) is 26.3 Å². The van der Waals surface area contributed by atoms with E-state index in [9.17, 15) is 14.4 Å². The summed E-state index contributed by atoms with van der Waals surface area (Å²) in [7, 11) is 1.42. The van der Waals surface area contributed by atoms with Crippen molar-refractivity contribution in [3.8, 4) is 0 Å². The van der Waals surface area contributed by atoms with Gasteiger partial charge in [-0.05, 0) is 25.5 Å². The molecule has 0 aromatic carbocycles. The van der Waals surface area contributed by atoms with Gasteiger partial charge in [0.1, 0.15) is 5.56 Å². The third-order valence-electron chi connectivity index (χ3n) is 3.47. The number of amides is 1. The Morgan fingerprint density at radius 3 is 2.83 bits per heavy atom. The van der Waals surface area contributed by atoms with Crippen molar-refractivity contribution in [3.63, 3.8) is 0 Å². The third-order valence-corrected chi connectivity index (χ3v) is 4.57. The van der Waals surface area contributed by atoms with Crippen molar-refractivity contribution in [1.29, 1.82) is 0 Å². The van der Waals surface area contributed by atoms with E-state index in [4.69, 9.17) is 9.26 Å². The first-order chi connectivity index (χ1) is 11.6. The first kappa shape index (κ1) is 18.4. The molecule has 24 heavy (non-hydrogen) atoms. The molecule has 1 aliphatic carbocycles. The lowest BCUT2D eigenvalue weighted by Crippen LogP contribution is -2.23. The monoisotopic (exact) mass is 352 g/mol.